The molecule has 1 aliphatic heterocycles. The summed E-state index contributed by atoms with van der Waals surface area (Å²) in [5.74, 6) is 0.710. The fourth-order valence-electron chi connectivity index (χ4n) is 4.43. The van der Waals surface area contributed by atoms with E-state index in [0.717, 1.165) is 74.3 Å². The van der Waals surface area contributed by atoms with Crippen molar-refractivity contribution in [2.75, 3.05) is 31.2 Å². The lowest BCUT2D eigenvalue weighted by Crippen LogP contribution is -2.39. The molecule has 9 nitrogen and oxygen atoms in total. The van der Waals surface area contributed by atoms with Crippen molar-refractivity contribution in [2.24, 2.45) is 7.05 Å². The van der Waals surface area contributed by atoms with Crippen LogP contribution in [0.3, 0.4) is 0 Å². The topological polar surface area (TPSA) is 94.4 Å². The fourth-order valence-corrected chi connectivity index (χ4v) is 4.43. The molecule has 0 atom stereocenters. The predicted molar refractivity (Wildman–Crippen MR) is 120 cm³/mol. The highest BCUT2D eigenvalue weighted by atomic mass is 16.5. The number of amides is 1. The minimum atomic E-state index is -0.115. The fraction of sp³-hybridized carbons (Fsp3) is 0.478. The Labute approximate surface area is 186 Å². The third-order valence-electron chi connectivity index (χ3n) is 6.19. The van der Waals surface area contributed by atoms with E-state index in [9.17, 15) is 4.79 Å². The SMILES string of the molecule is Cn1cnc(C(=O)NC2CCC(Oc3cc(N4CCOCC4)cc4ncncc34)CC2)c1. The summed E-state index contributed by atoms with van der Waals surface area (Å²) in [4.78, 5) is 27.5. The van der Waals surface area contributed by atoms with Crippen molar-refractivity contribution < 1.29 is 14.3 Å². The van der Waals surface area contributed by atoms with Crippen LogP contribution in [0.25, 0.3) is 10.9 Å². The van der Waals surface area contributed by atoms with Crippen LogP contribution in [0.1, 0.15) is 36.2 Å². The number of nitrogens with one attached hydrogen (secondary N) is 1. The molecular weight excluding hydrogens is 408 g/mol. The van der Waals surface area contributed by atoms with Crippen LogP contribution in [0, 0.1) is 0 Å². The third-order valence-corrected chi connectivity index (χ3v) is 6.19. The van der Waals surface area contributed by atoms with Gasteiger partial charge in [0.25, 0.3) is 5.91 Å². The van der Waals surface area contributed by atoms with Gasteiger partial charge in [0, 0.05) is 50.3 Å². The summed E-state index contributed by atoms with van der Waals surface area (Å²) in [6.07, 6.45) is 10.4. The first-order valence-electron chi connectivity index (χ1n) is 11.2. The van der Waals surface area contributed by atoms with Crippen LogP contribution in [0.15, 0.2) is 37.2 Å². The van der Waals surface area contributed by atoms with Crippen LogP contribution in [-0.2, 0) is 11.8 Å². The average Bonchev–Trinajstić information content (AvgIpc) is 3.27. The van der Waals surface area contributed by atoms with Crippen LogP contribution < -0.4 is 15.0 Å². The standard InChI is InChI=1S/C23H28N6O3/c1-28-13-21(26-15-28)23(30)27-16-2-4-18(5-3-16)32-22-11-17(29-6-8-31-9-7-29)10-20-19(22)12-24-14-25-20/h10-16,18H,2-9H2,1H3,(H,27,30). The van der Waals surface area contributed by atoms with E-state index >= 15 is 0 Å². The number of rotatable bonds is 5. The number of benzene rings is 1. The Kier molecular flexibility index (Phi) is 5.89. The smallest absolute Gasteiger partial charge is 0.271 e. The number of imidazole rings is 1. The van der Waals surface area contributed by atoms with Gasteiger partial charge in [0.05, 0.1) is 36.5 Å². The molecule has 168 valence electrons. The molecule has 0 unspecified atom stereocenters. The van der Waals surface area contributed by atoms with Gasteiger partial charge in [-0.15, -0.1) is 0 Å². The van der Waals surface area contributed by atoms with Gasteiger partial charge in [0.1, 0.15) is 17.8 Å². The summed E-state index contributed by atoms with van der Waals surface area (Å²) >= 11 is 0. The number of hydrogen-bond donors (Lipinski definition) is 1. The number of morpholine rings is 1. The molecule has 5 rings (SSSR count). The number of fused-ring (bicyclic) bond motifs is 1. The van der Waals surface area contributed by atoms with Gasteiger partial charge in [-0.2, -0.15) is 0 Å². The predicted octanol–water partition coefficient (Wildman–Crippen LogP) is 2.32. The first kappa shape index (κ1) is 20.7. The molecule has 32 heavy (non-hydrogen) atoms. The highest BCUT2D eigenvalue weighted by molar-refractivity contribution is 5.92. The molecule has 2 fully saturated rings. The number of carbonyl (C=O) groups excluding carboxylic acids is 1. The number of aryl methyl sites for hydroxylation is 1. The average molecular weight is 437 g/mol. The van der Waals surface area contributed by atoms with E-state index in [1.807, 2.05) is 13.2 Å². The van der Waals surface area contributed by atoms with Gasteiger partial charge in [0.2, 0.25) is 0 Å². The molecule has 9 heteroatoms. The molecule has 0 bridgehead atoms. The van der Waals surface area contributed by atoms with Gasteiger partial charge in [-0.05, 0) is 31.7 Å². The van der Waals surface area contributed by atoms with Crippen LogP contribution in [0.5, 0.6) is 5.75 Å². The van der Waals surface area contributed by atoms with Crippen molar-refractivity contribution in [3.63, 3.8) is 0 Å². The highest BCUT2D eigenvalue weighted by Gasteiger charge is 2.25. The van der Waals surface area contributed by atoms with Crippen molar-refractivity contribution in [3.05, 3.63) is 42.9 Å². The largest absolute Gasteiger partial charge is 0.490 e. The molecule has 2 aliphatic rings. The third kappa shape index (κ3) is 4.52. The Morgan fingerprint density at radius 3 is 2.72 bits per heavy atom. The molecule has 1 amide bonds. The molecule has 1 saturated heterocycles. The van der Waals surface area contributed by atoms with Crippen molar-refractivity contribution in [2.45, 2.75) is 37.8 Å². The lowest BCUT2D eigenvalue weighted by molar-refractivity contribution is 0.0890. The van der Waals surface area contributed by atoms with Crippen molar-refractivity contribution in [1.82, 2.24) is 24.8 Å². The quantitative estimate of drug-likeness (QED) is 0.656. The van der Waals surface area contributed by atoms with E-state index in [1.54, 1.807) is 23.4 Å². The maximum Gasteiger partial charge on any atom is 0.271 e. The van der Waals surface area contributed by atoms with Gasteiger partial charge in [-0.1, -0.05) is 0 Å². The van der Waals surface area contributed by atoms with Crippen molar-refractivity contribution in [1.29, 1.82) is 0 Å². The number of hydrogen-bond acceptors (Lipinski definition) is 7. The molecule has 3 heterocycles. The molecule has 0 spiro atoms. The van der Waals surface area contributed by atoms with E-state index in [0.29, 0.717) is 5.69 Å². The Balaban J connectivity index is 1.25. The van der Waals surface area contributed by atoms with E-state index in [1.165, 1.54) is 0 Å². The molecule has 1 aliphatic carbocycles. The molecule has 1 N–H and O–H groups in total. The molecule has 1 saturated carbocycles. The van der Waals surface area contributed by atoms with E-state index in [-0.39, 0.29) is 18.1 Å². The minimum absolute atomic E-state index is 0.0985. The van der Waals surface area contributed by atoms with Crippen molar-refractivity contribution in [3.8, 4) is 5.75 Å². The van der Waals surface area contributed by atoms with Gasteiger partial charge in [-0.25, -0.2) is 15.0 Å². The van der Waals surface area contributed by atoms with Crippen LogP contribution >= 0.6 is 0 Å². The Bertz CT molecular complexity index is 1090. The lowest BCUT2D eigenvalue weighted by Gasteiger charge is -2.31. The Morgan fingerprint density at radius 2 is 1.97 bits per heavy atom. The molecular formula is C23H28N6O3. The molecule has 2 aromatic heterocycles. The Morgan fingerprint density at radius 1 is 1.16 bits per heavy atom. The van der Waals surface area contributed by atoms with Gasteiger partial charge in [0.15, 0.2) is 0 Å². The van der Waals surface area contributed by atoms with Crippen LogP contribution in [-0.4, -0.2) is 63.9 Å². The van der Waals surface area contributed by atoms with Gasteiger partial charge >= 0.3 is 0 Å². The molecule has 3 aromatic rings. The van der Waals surface area contributed by atoms with E-state index in [2.05, 4.69) is 37.3 Å². The first-order chi connectivity index (χ1) is 15.7. The number of carbonyl (C=O) groups is 1. The van der Waals surface area contributed by atoms with Gasteiger partial charge in [-0.3, -0.25) is 4.79 Å². The monoisotopic (exact) mass is 436 g/mol. The second-order valence-corrected chi connectivity index (χ2v) is 8.49. The number of anilines is 1. The van der Waals surface area contributed by atoms with Crippen molar-refractivity contribution >= 4 is 22.5 Å². The zero-order valence-corrected chi connectivity index (χ0v) is 18.2. The number of aromatic nitrogens is 4. The van der Waals surface area contributed by atoms with E-state index < -0.39 is 0 Å². The summed E-state index contributed by atoms with van der Waals surface area (Å²) in [5, 5.41) is 4.03. The summed E-state index contributed by atoms with van der Waals surface area (Å²) in [6, 6.07) is 4.34. The minimum Gasteiger partial charge on any atom is -0.490 e. The summed E-state index contributed by atoms with van der Waals surface area (Å²) < 4.78 is 13.7. The maximum atomic E-state index is 12.4. The zero-order chi connectivity index (χ0) is 21.9. The number of nitrogens with zero attached hydrogens (tertiary/aromatic N) is 5. The first-order valence-corrected chi connectivity index (χ1v) is 11.2. The molecule has 1 aromatic carbocycles. The van der Waals surface area contributed by atoms with Crippen LogP contribution in [0.4, 0.5) is 5.69 Å². The van der Waals surface area contributed by atoms with E-state index in [4.69, 9.17) is 9.47 Å². The van der Waals surface area contributed by atoms with Gasteiger partial charge < -0.3 is 24.3 Å². The lowest BCUT2D eigenvalue weighted by atomic mass is 9.92. The van der Waals surface area contributed by atoms with Crippen LogP contribution in [0.2, 0.25) is 0 Å². The Hall–Kier alpha value is -3.20. The summed E-state index contributed by atoms with van der Waals surface area (Å²) in [5.41, 5.74) is 2.44. The normalized spacial score (nSPS) is 21.5. The number of ether oxygens (including phenoxy) is 2. The maximum absolute atomic E-state index is 12.4. The summed E-state index contributed by atoms with van der Waals surface area (Å²) in [7, 11) is 1.86. The summed E-state index contributed by atoms with van der Waals surface area (Å²) in [6.45, 7) is 3.17. The zero-order valence-electron chi connectivity index (χ0n) is 18.2. The second-order valence-electron chi connectivity index (χ2n) is 8.49. The molecule has 0 radical (unpaired) electrons. The highest BCUT2D eigenvalue weighted by Crippen LogP contribution is 2.33. The second kappa shape index (κ2) is 9.12.